The van der Waals surface area contributed by atoms with Crippen LogP contribution in [0.5, 0.6) is 5.75 Å². The number of hydrogen-bond acceptors (Lipinski definition) is 3. The SMILES string of the molecule is CCCCNC(=O)[C@@H](C)N(Cc1cccc(Br)c1)C(=O)COc1cccc2ccccc12. The molecule has 32 heavy (non-hydrogen) atoms. The van der Waals surface area contributed by atoms with E-state index in [4.69, 9.17) is 4.74 Å². The van der Waals surface area contributed by atoms with Crippen molar-refractivity contribution in [2.75, 3.05) is 13.2 Å². The third-order valence-corrected chi connectivity index (χ3v) is 5.83. The molecule has 0 aliphatic heterocycles. The molecule has 1 N–H and O–H groups in total. The Kier molecular flexibility index (Phi) is 8.68. The number of rotatable bonds is 10. The molecular weight excluding hydrogens is 468 g/mol. The van der Waals surface area contributed by atoms with Gasteiger partial charge in [0.1, 0.15) is 11.8 Å². The highest BCUT2D eigenvalue weighted by Crippen LogP contribution is 2.25. The summed E-state index contributed by atoms with van der Waals surface area (Å²) in [6.45, 7) is 4.61. The summed E-state index contributed by atoms with van der Waals surface area (Å²) in [4.78, 5) is 27.5. The predicted molar refractivity (Wildman–Crippen MR) is 132 cm³/mol. The summed E-state index contributed by atoms with van der Waals surface area (Å²) in [5, 5.41) is 4.93. The second kappa shape index (κ2) is 11.7. The summed E-state index contributed by atoms with van der Waals surface area (Å²) in [6, 6.07) is 20.8. The molecule has 6 heteroatoms. The maximum Gasteiger partial charge on any atom is 0.261 e. The van der Waals surface area contributed by atoms with Crippen LogP contribution in [0, 0.1) is 0 Å². The molecule has 1 atom stereocenters. The number of carbonyl (C=O) groups is 2. The van der Waals surface area contributed by atoms with Crippen molar-refractivity contribution in [1.29, 1.82) is 0 Å². The van der Waals surface area contributed by atoms with Gasteiger partial charge in [-0.3, -0.25) is 9.59 Å². The van der Waals surface area contributed by atoms with E-state index in [-0.39, 0.29) is 18.4 Å². The molecule has 0 radical (unpaired) electrons. The first-order valence-electron chi connectivity index (χ1n) is 10.9. The molecule has 0 aromatic heterocycles. The standard InChI is InChI=1S/C26H29BrN2O3/c1-3-4-15-28-26(31)19(2)29(17-20-9-7-12-22(27)16-20)25(30)18-32-24-14-8-11-21-10-5-6-13-23(21)24/h5-14,16,19H,3-4,15,17-18H2,1-2H3,(H,28,31)/t19-/m1/s1. The fraction of sp³-hybridized carbons (Fsp3) is 0.308. The zero-order chi connectivity index (χ0) is 22.9. The highest BCUT2D eigenvalue weighted by atomic mass is 79.9. The lowest BCUT2D eigenvalue weighted by atomic mass is 10.1. The molecule has 3 aromatic rings. The Labute approximate surface area is 197 Å². The number of halogens is 1. The Hall–Kier alpha value is -2.86. The van der Waals surface area contributed by atoms with Gasteiger partial charge in [0.25, 0.3) is 5.91 Å². The van der Waals surface area contributed by atoms with Crippen molar-refractivity contribution >= 4 is 38.5 Å². The Morgan fingerprint density at radius 3 is 2.59 bits per heavy atom. The first kappa shape index (κ1) is 23.8. The monoisotopic (exact) mass is 496 g/mol. The Balaban J connectivity index is 1.76. The summed E-state index contributed by atoms with van der Waals surface area (Å²) >= 11 is 3.47. The van der Waals surface area contributed by atoms with Gasteiger partial charge in [-0.1, -0.05) is 77.8 Å². The van der Waals surface area contributed by atoms with Crippen molar-refractivity contribution in [1.82, 2.24) is 10.2 Å². The molecule has 0 unspecified atom stereocenters. The smallest absolute Gasteiger partial charge is 0.261 e. The molecule has 0 saturated heterocycles. The van der Waals surface area contributed by atoms with E-state index in [9.17, 15) is 9.59 Å². The number of nitrogens with one attached hydrogen (secondary N) is 1. The Morgan fingerprint density at radius 1 is 1.06 bits per heavy atom. The van der Waals surface area contributed by atoms with Gasteiger partial charge in [-0.25, -0.2) is 0 Å². The molecule has 0 heterocycles. The Bertz CT molecular complexity index is 1060. The van der Waals surface area contributed by atoms with E-state index in [2.05, 4.69) is 28.2 Å². The van der Waals surface area contributed by atoms with E-state index < -0.39 is 6.04 Å². The fourth-order valence-electron chi connectivity index (χ4n) is 3.49. The molecule has 0 aliphatic rings. The summed E-state index contributed by atoms with van der Waals surface area (Å²) < 4.78 is 6.85. The van der Waals surface area contributed by atoms with Gasteiger partial charge >= 0.3 is 0 Å². The van der Waals surface area contributed by atoms with Crippen LogP contribution in [0.1, 0.15) is 32.3 Å². The summed E-state index contributed by atoms with van der Waals surface area (Å²) in [5.41, 5.74) is 0.936. The number of fused-ring (bicyclic) bond motifs is 1. The lowest BCUT2D eigenvalue weighted by Gasteiger charge is -2.29. The topological polar surface area (TPSA) is 58.6 Å². The number of ether oxygens (including phenoxy) is 1. The van der Waals surface area contributed by atoms with Crippen molar-refractivity contribution in [3.63, 3.8) is 0 Å². The molecule has 0 aliphatic carbocycles. The molecule has 5 nitrogen and oxygen atoms in total. The van der Waals surface area contributed by atoms with Crippen molar-refractivity contribution in [2.45, 2.75) is 39.3 Å². The number of hydrogen-bond donors (Lipinski definition) is 1. The van der Waals surface area contributed by atoms with Crippen LogP contribution in [0.15, 0.2) is 71.2 Å². The first-order valence-corrected chi connectivity index (χ1v) is 11.7. The van der Waals surface area contributed by atoms with Crippen LogP contribution >= 0.6 is 15.9 Å². The van der Waals surface area contributed by atoms with E-state index >= 15 is 0 Å². The zero-order valence-corrected chi connectivity index (χ0v) is 20.1. The molecule has 0 spiro atoms. The van der Waals surface area contributed by atoms with Crippen molar-refractivity contribution in [3.8, 4) is 5.75 Å². The number of benzene rings is 3. The second-order valence-corrected chi connectivity index (χ2v) is 8.65. The normalized spacial score (nSPS) is 11.7. The molecule has 3 rings (SSSR count). The third-order valence-electron chi connectivity index (χ3n) is 5.34. The van der Waals surface area contributed by atoms with Gasteiger partial charge in [0, 0.05) is 22.9 Å². The van der Waals surface area contributed by atoms with Gasteiger partial charge in [-0.05, 0) is 42.5 Å². The highest BCUT2D eigenvalue weighted by molar-refractivity contribution is 9.10. The largest absolute Gasteiger partial charge is 0.483 e. The van der Waals surface area contributed by atoms with E-state index in [1.165, 1.54) is 0 Å². The predicted octanol–water partition coefficient (Wildman–Crippen LogP) is 5.31. The van der Waals surface area contributed by atoms with Crippen LogP contribution in [-0.2, 0) is 16.1 Å². The lowest BCUT2D eigenvalue weighted by Crippen LogP contribution is -2.49. The highest BCUT2D eigenvalue weighted by Gasteiger charge is 2.26. The fourth-order valence-corrected chi connectivity index (χ4v) is 3.94. The van der Waals surface area contributed by atoms with Crippen molar-refractivity contribution in [2.24, 2.45) is 0 Å². The van der Waals surface area contributed by atoms with Crippen LogP contribution in [0.2, 0.25) is 0 Å². The number of nitrogens with zero attached hydrogens (tertiary/aromatic N) is 1. The van der Waals surface area contributed by atoms with Crippen LogP contribution in [-0.4, -0.2) is 35.9 Å². The van der Waals surface area contributed by atoms with E-state index in [1.54, 1.807) is 11.8 Å². The molecular formula is C26H29BrN2O3. The molecule has 3 aromatic carbocycles. The van der Waals surface area contributed by atoms with Crippen molar-refractivity contribution < 1.29 is 14.3 Å². The average Bonchev–Trinajstić information content (AvgIpc) is 2.80. The molecule has 0 bridgehead atoms. The minimum atomic E-state index is -0.616. The maximum atomic E-state index is 13.2. The van der Waals surface area contributed by atoms with Gasteiger partial charge in [0.05, 0.1) is 0 Å². The second-order valence-electron chi connectivity index (χ2n) is 7.74. The number of carbonyl (C=O) groups excluding carboxylic acids is 2. The minimum absolute atomic E-state index is 0.144. The van der Waals surface area contributed by atoms with Crippen molar-refractivity contribution in [3.05, 3.63) is 76.8 Å². The zero-order valence-electron chi connectivity index (χ0n) is 18.5. The third kappa shape index (κ3) is 6.33. The molecule has 0 fully saturated rings. The molecule has 2 amide bonds. The number of unbranched alkanes of at least 4 members (excludes halogenated alkanes) is 1. The Morgan fingerprint density at radius 2 is 1.81 bits per heavy atom. The maximum absolute atomic E-state index is 13.2. The first-order chi connectivity index (χ1) is 15.5. The van der Waals surface area contributed by atoms with Crippen LogP contribution in [0.25, 0.3) is 10.8 Å². The summed E-state index contributed by atoms with van der Waals surface area (Å²) in [7, 11) is 0. The van der Waals surface area contributed by atoms with E-state index in [0.717, 1.165) is 33.7 Å². The summed E-state index contributed by atoms with van der Waals surface area (Å²) in [6.07, 6.45) is 1.90. The van der Waals surface area contributed by atoms with Crippen LogP contribution in [0.4, 0.5) is 0 Å². The quantitative estimate of drug-likeness (QED) is 0.386. The number of amides is 2. The van der Waals surface area contributed by atoms with Gasteiger partial charge in [0.15, 0.2) is 6.61 Å². The van der Waals surface area contributed by atoms with E-state index in [1.807, 2.05) is 66.7 Å². The van der Waals surface area contributed by atoms with Gasteiger partial charge < -0.3 is 15.0 Å². The summed E-state index contributed by atoms with van der Waals surface area (Å²) in [5.74, 6) is 0.252. The molecule has 168 valence electrons. The minimum Gasteiger partial charge on any atom is -0.483 e. The van der Waals surface area contributed by atoms with Crippen LogP contribution < -0.4 is 10.1 Å². The van der Waals surface area contributed by atoms with Gasteiger partial charge in [-0.2, -0.15) is 0 Å². The van der Waals surface area contributed by atoms with Gasteiger partial charge in [0.2, 0.25) is 5.91 Å². The average molecular weight is 497 g/mol. The van der Waals surface area contributed by atoms with E-state index in [0.29, 0.717) is 18.8 Å². The molecule has 0 saturated carbocycles. The van der Waals surface area contributed by atoms with Crippen LogP contribution in [0.3, 0.4) is 0 Å². The van der Waals surface area contributed by atoms with Gasteiger partial charge in [-0.15, -0.1) is 0 Å². The lowest BCUT2D eigenvalue weighted by molar-refractivity contribution is -0.142.